The van der Waals surface area contributed by atoms with Gasteiger partial charge in [0.25, 0.3) is 5.95 Å². The lowest BCUT2D eigenvalue weighted by Crippen LogP contribution is -2.09. The number of halogens is 5. The minimum absolute atomic E-state index is 0.0359. The van der Waals surface area contributed by atoms with Gasteiger partial charge in [-0.05, 0) is 29.8 Å². The molecule has 0 amide bonds. The quantitative estimate of drug-likeness (QED) is 0.396. The lowest BCUT2D eigenvalue weighted by Gasteiger charge is -2.09. The molecular formula is C17H13BrClF3N6. The monoisotopic (exact) mass is 472 g/mol. The van der Waals surface area contributed by atoms with E-state index >= 15 is 0 Å². The van der Waals surface area contributed by atoms with Gasteiger partial charge in [-0.2, -0.15) is 23.0 Å². The first-order valence-corrected chi connectivity index (χ1v) is 8.98. The molecule has 0 spiro atoms. The van der Waals surface area contributed by atoms with Crippen LogP contribution in [0.15, 0.2) is 46.1 Å². The van der Waals surface area contributed by atoms with Crippen molar-refractivity contribution in [1.29, 1.82) is 0 Å². The molecule has 11 heteroatoms. The van der Waals surface area contributed by atoms with Crippen LogP contribution in [0.1, 0.15) is 5.69 Å². The molecule has 6 nitrogen and oxygen atoms in total. The Hall–Kier alpha value is -2.46. The molecule has 28 heavy (non-hydrogen) atoms. The maximum Gasteiger partial charge on any atom is 0.435 e. The second-order valence-corrected chi connectivity index (χ2v) is 7.22. The molecule has 0 fully saturated rings. The molecule has 0 bridgehead atoms. The van der Waals surface area contributed by atoms with Crippen molar-refractivity contribution in [2.45, 2.75) is 6.18 Å². The number of hydrogen-bond acceptors (Lipinski definition) is 4. The van der Waals surface area contributed by atoms with E-state index in [4.69, 9.17) is 11.6 Å². The van der Waals surface area contributed by atoms with Crippen LogP contribution < -0.4 is 0 Å². The SMILES string of the molecule is CN(C)/C=N\c1c(-c2cc(Cl)cc(Br)c2)c(C(F)(F)F)nn1-c1ncccn1. The standard InChI is InChI=1S/C17H13BrClF3N6/c1-27(2)9-25-15-13(10-6-11(18)8-12(19)7-10)14(17(20,21)22)26-28(15)16-23-4-3-5-24-16/h3-9H,1-2H3/b25-9-. The fraction of sp³-hybridized carbons (Fsp3) is 0.176. The van der Waals surface area contributed by atoms with Crippen LogP contribution in [0, 0.1) is 0 Å². The predicted octanol–water partition coefficient (Wildman–Crippen LogP) is 4.99. The molecule has 1 aromatic carbocycles. The molecule has 0 aliphatic heterocycles. The smallest absolute Gasteiger partial charge is 0.369 e. The third-order valence-corrected chi connectivity index (χ3v) is 4.11. The topological polar surface area (TPSA) is 59.2 Å². The zero-order valence-electron chi connectivity index (χ0n) is 14.6. The fourth-order valence-corrected chi connectivity index (χ4v) is 3.26. The maximum atomic E-state index is 13.8. The first-order chi connectivity index (χ1) is 13.2. The highest BCUT2D eigenvalue weighted by molar-refractivity contribution is 9.10. The van der Waals surface area contributed by atoms with Crippen LogP contribution in [-0.4, -0.2) is 45.1 Å². The Morgan fingerprint density at radius 3 is 2.43 bits per heavy atom. The van der Waals surface area contributed by atoms with Gasteiger partial charge in [0, 0.05) is 36.0 Å². The Balaban J connectivity index is 2.38. The molecule has 3 aromatic rings. The number of rotatable bonds is 4. The van der Waals surface area contributed by atoms with Gasteiger partial charge in [0.05, 0.1) is 11.9 Å². The summed E-state index contributed by atoms with van der Waals surface area (Å²) in [5.74, 6) is -0.104. The molecule has 2 heterocycles. The molecule has 0 unspecified atom stereocenters. The summed E-state index contributed by atoms with van der Waals surface area (Å²) in [6.45, 7) is 0. The van der Waals surface area contributed by atoms with E-state index in [0.29, 0.717) is 4.47 Å². The summed E-state index contributed by atoms with van der Waals surface area (Å²) in [7, 11) is 3.40. The second-order valence-electron chi connectivity index (χ2n) is 5.87. The number of nitrogens with zero attached hydrogens (tertiary/aromatic N) is 6. The van der Waals surface area contributed by atoms with Gasteiger partial charge in [0.15, 0.2) is 11.5 Å². The number of benzene rings is 1. The van der Waals surface area contributed by atoms with Crippen molar-refractivity contribution in [1.82, 2.24) is 24.6 Å². The van der Waals surface area contributed by atoms with Crippen LogP contribution in [0.4, 0.5) is 19.0 Å². The summed E-state index contributed by atoms with van der Waals surface area (Å²) >= 11 is 9.32. The molecule has 0 N–H and O–H groups in total. The van der Waals surface area contributed by atoms with E-state index in [1.165, 1.54) is 30.9 Å². The van der Waals surface area contributed by atoms with E-state index in [1.807, 2.05) is 0 Å². The van der Waals surface area contributed by atoms with Crippen molar-refractivity contribution in [3.05, 3.63) is 51.8 Å². The Bertz CT molecular complexity index is 997. The second kappa shape index (κ2) is 7.88. The van der Waals surface area contributed by atoms with Gasteiger partial charge in [-0.3, -0.25) is 0 Å². The van der Waals surface area contributed by atoms with Crippen LogP contribution in [0.3, 0.4) is 0 Å². The Labute approximate surface area is 171 Å². The van der Waals surface area contributed by atoms with E-state index in [9.17, 15) is 13.2 Å². The minimum Gasteiger partial charge on any atom is -0.369 e. The van der Waals surface area contributed by atoms with Crippen LogP contribution in [0.25, 0.3) is 17.1 Å². The number of aromatic nitrogens is 4. The normalized spacial score (nSPS) is 12.0. The average molecular weight is 474 g/mol. The summed E-state index contributed by atoms with van der Waals surface area (Å²) in [5, 5.41) is 4.01. The predicted molar refractivity (Wildman–Crippen MR) is 104 cm³/mol. The van der Waals surface area contributed by atoms with Gasteiger partial charge in [0.2, 0.25) is 0 Å². The zero-order valence-corrected chi connectivity index (χ0v) is 17.0. The third-order valence-electron chi connectivity index (χ3n) is 3.43. The van der Waals surface area contributed by atoms with E-state index in [-0.39, 0.29) is 27.9 Å². The highest BCUT2D eigenvalue weighted by atomic mass is 79.9. The molecule has 146 valence electrons. The van der Waals surface area contributed by atoms with Gasteiger partial charge < -0.3 is 4.90 Å². The molecule has 0 aliphatic rings. The van der Waals surface area contributed by atoms with Crippen LogP contribution >= 0.6 is 27.5 Å². The van der Waals surface area contributed by atoms with E-state index < -0.39 is 11.9 Å². The van der Waals surface area contributed by atoms with Crippen molar-refractivity contribution in [2.24, 2.45) is 4.99 Å². The lowest BCUT2D eigenvalue weighted by atomic mass is 10.1. The summed E-state index contributed by atoms with van der Waals surface area (Å²) < 4.78 is 42.9. The summed E-state index contributed by atoms with van der Waals surface area (Å²) in [4.78, 5) is 13.8. The molecule has 2 aromatic heterocycles. The molecular weight excluding hydrogens is 461 g/mol. The maximum absolute atomic E-state index is 13.8. The van der Waals surface area contributed by atoms with Crippen LogP contribution in [0.2, 0.25) is 5.02 Å². The lowest BCUT2D eigenvalue weighted by molar-refractivity contribution is -0.140. The van der Waals surface area contributed by atoms with E-state index in [0.717, 1.165) is 4.68 Å². The number of hydrogen-bond donors (Lipinski definition) is 0. The van der Waals surface area contributed by atoms with Crippen LogP contribution in [-0.2, 0) is 6.18 Å². The molecule has 0 saturated heterocycles. The first kappa shape index (κ1) is 20.3. The zero-order chi connectivity index (χ0) is 20.5. The highest BCUT2D eigenvalue weighted by Gasteiger charge is 2.40. The summed E-state index contributed by atoms with van der Waals surface area (Å²) in [5.41, 5.74) is -1.12. The van der Waals surface area contributed by atoms with Gasteiger partial charge in [-0.15, -0.1) is 0 Å². The van der Waals surface area contributed by atoms with Crippen molar-refractivity contribution >= 4 is 39.7 Å². The number of aliphatic imine (C=N–C) groups is 1. The van der Waals surface area contributed by atoms with Crippen molar-refractivity contribution in [2.75, 3.05) is 14.1 Å². The molecule has 0 atom stereocenters. The molecule has 3 rings (SSSR count). The van der Waals surface area contributed by atoms with Gasteiger partial charge in [-0.1, -0.05) is 27.5 Å². The van der Waals surface area contributed by atoms with Gasteiger partial charge in [-0.25, -0.2) is 15.0 Å². The van der Waals surface area contributed by atoms with Crippen molar-refractivity contribution in [3.63, 3.8) is 0 Å². The Kier molecular flexibility index (Phi) is 5.71. The molecule has 0 radical (unpaired) electrons. The van der Waals surface area contributed by atoms with Gasteiger partial charge in [0.1, 0.15) is 0 Å². The average Bonchev–Trinajstić information content (AvgIpc) is 2.99. The Morgan fingerprint density at radius 1 is 1.18 bits per heavy atom. The highest BCUT2D eigenvalue weighted by Crippen LogP contribution is 2.43. The summed E-state index contributed by atoms with van der Waals surface area (Å²) in [6, 6.07) is 6.06. The van der Waals surface area contributed by atoms with Gasteiger partial charge >= 0.3 is 6.18 Å². The molecule has 0 aliphatic carbocycles. The fourth-order valence-electron chi connectivity index (χ4n) is 2.40. The molecule has 0 saturated carbocycles. The van der Waals surface area contributed by atoms with Crippen molar-refractivity contribution in [3.8, 4) is 17.1 Å². The minimum atomic E-state index is -4.73. The largest absolute Gasteiger partial charge is 0.435 e. The number of alkyl halides is 3. The third kappa shape index (κ3) is 4.33. The van der Waals surface area contributed by atoms with Crippen molar-refractivity contribution < 1.29 is 13.2 Å². The first-order valence-electron chi connectivity index (χ1n) is 7.81. The summed E-state index contributed by atoms with van der Waals surface area (Å²) in [6.07, 6.45) is -0.537. The van der Waals surface area contributed by atoms with E-state index in [1.54, 1.807) is 31.1 Å². The Morgan fingerprint density at radius 2 is 1.86 bits per heavy atom. The van der Waals surface area contributed by atoms with Crippen LogP contribution in [0.5, 0.6) is 0 Å². The van der Waals surface area contributed by atoms with E-state index in [2.05, 4.69) is 36.0 Å².